The predicted molar refractivity (Wildman–Crippen MR) is 57.6 cm³/mol. The minimum Gasteiger partial charge on any atom is -0.444 e. The third-order valence-electron chi connectivity index (χ3n) is 2.05. The van der Waals surface area contributed by atoms with Crippen LogP contribution in [0.1, 0.15) is 27.2 Å². The molecule has 0 spiro atoms. The van der Waals surface area contributed by atoms with Gasteiger partial charge in [0, 0.05) is 13.1 Å². The second kappa shape index (κ2) is 4.82. The number of likely N-dealkylation sites (tertiary alicyclic amines) is 1. The van der Waals surface area contributed by atoms with Gasteiger partial charge >= 0.3 is 16.6 Å². The highest BCUT2D eigenvalue weighted by Crippen LogP contribution is 2.16. The minimum atomic E-state index is -2.41. The summed E-state index contributed by atoms with van der Waals surface area (Å²) in [6, 6.07) is -0.328. The van der Waals surface area contributed by atoms with Gasteiger partial charge in [-0.05, 0) is 27.2 Å². The van der Waals surface area contributed by atoms with Crippen LogP contribution >= 0.6 is 0 Å². The van der Waals surface area contributed by atoms with E-state index in [-0.39, 0.29) is 6.04 Å². The zero-order chi connectivity index (χ0) is 12.3. The Morgan fingerprint density at radius 2 is 2.06 bits per heavy atom. The van der Waals surface area contributed by atoms with Gasteiger partial charge in [-0.15, -0.1) is 0 Å². The Hall–Kier alpha value is -1.11. The predicted octanol–water partition coefficient (Wildman–Crippen LogP) is 1.06. The number of carbonyl (C=O) groups is 1. The Morgan fingerprint density at radius 3 is 2.56 bits per heavy atom. The topological polar surface area (TPSA) is 76.0 Å². The molecule has 1 saturated heterocycles. The summed E-state index contributed by atoms with van der Waals surface area (Å²) in [4.78, 5) is 13.1. The maximum Gasteiger partial charge on any atom is 0.410 e. The molecule has 0 unspecified atom stereocenters. The first-order valence-corrected chi connectivity index (χ1v) is 6.09. The Labute approximate surface area is 96.3 Å². The summed E-state index contributed by atoms with van der Waals surface area (Å²) >= 11 is 0. The van der Waals surface area contributed by atoms with Crippen molar-refractivity contribution in [2.24, 2.45) is 4.36 Å². The van der Waals surface area contributed by atoms with Gasteiger partial charge in [0.25, 0.3) is 0 Å². The quantitative estimate of drug-likeness (QED) is 0.695. The maximum atomic E-state index is 11.6. The van der Waals surface area contributed by atoms with Crippen LogP contribution < -0.4 is 0 Å². The summed E-state index contributed by atoms with van der Waals surface area (Å²) in [6.45, 7) is 6.16. The molecule has 1 fully saturated rings. The third-order valence-corrected chi connectivity index (χ3v) is 2.52. The number of ether oxygens (including phenoxy) is 1. The van der Waals surface area contributed by atoms with Crippen LogP contribution in [0.15, 0.2) is 4.36 Å². The smallest absolute Gasteiger partial charge is 0.410 e. The highest BCUT2D eigenvalue weighted by molar-refractivity contribution is 7.61. The van der Waals surface area contributed by atoms with E-state index in [4.69, 9.17) is 4.74 Å². The number of rotatable bonds is 1. The summed E-state index contributed by atoms with van der Waals surface area (Å²) in [5.74, 6) is 0. The van der Waals surface area contributed by atoms with Gasteiger partial charge in [0.05, 0.1) is 6.04 Å². The molecule has 1 aliphatic rings. The Morgan fingerprint density at radius 1 is 1.44 bits per heavy atom. The molecule has 1 atom stereocenters. The van der Waals surface area contributed by atoms with Crippen molar-refractivity contribution in [1.82, 2.24) is 4.90 Å². The van der Waals surface area contributed by atoms with E-state index in [1.165, 1.54) is 4.90 Å². The molecular weight excluding hydrogens is 232 g/mol. The van der Waals surface area contributed by atoms with Crippen LogP contribution in [0.3, 0.4) is 0 Å². The lowest BCUT2D eigenvalue weighted by Crippen LogP contribution is -2.35. The first kappa shape index (κ1) is 13.0. The van der Waals surface area contributed by atoms with E-state index in [0.717, 1.165) is 0 Å². The monoisotopic (exact) mass is 248 g/mol. The van der Waals surface area contributed by atoms with E-state index in [9.17, 15) is 13.2 Å². The van der Waals surface area contributed by atoms with Crippen LogP contribution in [-0.2, 0) is 15.2 Å². The molecule has 7 heteroatoms. The molecule has 0 N–H and O–H groups in total. The molecule has 92 valence electrons. The van der Waals surface area contributed by atoms with Crippen molar-refractivity contribution in [2.75, 3.05) is 13.1 Å². The Balaban J connectivity index is 2.54. The van der Waals surface area contributed by atoms with Crippen molar-refractivity contribution in [1.29, 1.82) is 0 Å². The summed E-state index contributed by atoms with van der Waals surface area (Å²) < 4.78 is 29.4. The van der Waals surface area contributed by atoms with E-state index in [1.807, 2.05) is 0 Å². The molecule has 6 nitrogen and oxygen atoms in total. The maximum absolute atomic E-state index is 11.6. The van der Waals surface area contributed by atoms with Crippen LogP contribution in [0, 0.1) is 0 Å². The molecule has 0 bridgehead atoms. The summed E-state index contributed by atoms with van der Waals surface area (Å²) in [5, 5.41) is 0. The van der Waals surface area contributed by atoms with Crippen molar-refractivity contribution in [2.45, 2.75) is 38.8 Å². The first-order valence-electron chi connectivity index (χ1n) is 5.06. The molecule has 0 saturated carbocycles. The molecule has 0 aliphatic carbocycles. The molecular formula is C9H16N2O4S. The van der Waals surface area contributed by atoms with Crippen LogP contribution in [0.25, 0.3) is 0 Å². The molecule has 1 heterocycles. The van der Waals surface area contributed by atoms with Crippen molar-refractivity contribution < 1.29 is 17.9 Å². The lowest BCUT2D eigenvalue weighted by Gasteiger charge is -2.24. The number of nitrogens with zero attached hydrogens (tertiary/aromatic N) is 2. The molecule has 0 aromatic carbocycles. The third kappa shape index (κ3) is 4.18. The minimum absolute atomic E-state index is 0.308. The van der Waals surface area contributed by atoms with Crippen molar-refractivity contribution in [3.63, 3.8) is 0 Å². The zero-order valence-corrected chi connectivity index (χ0v) is 10.5. The summed E-state index contributed by atoms with van der Waals surface area (Å²) in [6.07, 6.45) is 0.148. The Bertz CT molecular complexity index is 388. The van der Waals surface area contributed by atoms with Crippen molar-refractivity contribution in [3.05, 3.63) is 0 Å². The average Bonchev–Trinajstić information content (AvgIpc) is 2.48. The van der Waals surface area contributed by atoms with E-state index in [2.05, 4.69) is 4.36 Å². The van der Waals surface area contributed by atoms with Crippen molar-refractivity contribution >= 4 is 16.6 Å². The highest BCUT2D eigenvalue weighted by Gasteiger charge is 2.29. The fraction of sp³-hybridized carbons (Fsp3) is 0.889. The van der Waals surface area contributed by atoms with E-state index in [0.29, 0.717) is 19.5 Å². The van der Waals surface area contributed by atoms with Gasteiger partial charge < -0.3 is 9.64 Å². The van der Waals surface area contributed by atoms with Crippen LogP contribution in [0.2, 0.25) is 0 Å². The number of amides is 1. The van der Waals surface area contributed by atoms with Crippen LogP contribution in [-0.4, -0.2) is 44.1 Å². The summed E-state index contributed by atoms with van der Waals surface area (Å²) in [5.41, 5.74) is -0.534. The van der Waals surface area contributed by atoms with Crippen molar-refractivity contribution in [3.8, 4) is 0 Å². The van der Waals surface area contributed by atoms with Gasteiger partial charge in [-0.2, -0.15) is 12.8 Å². The average molecular weight is 248 g/mol. The standard InChI is InChI=1S/C9H16N2O4S/c1-9(2,3)15-8(12)11-5-4-7(6-11)10-16(13)14/h7H,4-6H2,1-3H3/t7-/m0/s1. The lowest BCUT2D eigenvalue weighted by molar-refractivity contribution is 0.0293. The Kier molecular flexibility index (Phi) is 3.90. The van der Waals surface area contributed by atoms with E-state index < -0.39 is 22.2 Å². The zero-order valence-electron chi connectivity index (χ0n) is 9.63. The molecule has 0 aromatic rings. The SMILES string of the molecule is CC(C)(C)OC(=O)N1CC[C@H](N=S(=O)=O)C1. The molecule has 1 aliphatic heterocycles. The normalized spacial score (nSPS) is 20.7. The molecule has 16 heavy (non-hydrogen) atoms. The lowest BCUT2D eigenvalue weighted by atomic mass is 10.2. The second-order valence-corrected chi connectivity index (χ2v) is 5.34. The summed E-state index contributed by atoms with van der Waals surface area (Å²) in [7, 11) is -2.41. The van der Waals surface area contributed by atoms with Gasteiger partial charge in [-0.1, -0.05) is 0 Å². The number of carbonyl (C=O) groups excluding carboxylic acids is 1. The van der Waals surface area contributed by atoms with E-state index >= 15 is 0 Å². The fourth-order valence-corrected chi connectivity index (χ4v) is 1.86. The van der Waals surface area contributed by atoms with Gasteiger partial charge in [0.15, 0.2) is 0 Å². The second-order valence-electron chi connectivity index (χ2n) is 4.69. The van der Waals surface area contributed by atoms with Crippen LogP contribution in [0.5, 0.6) is 0 Å². The number of hydrogen-bond acceptors (Lipinski definition) is 5. The van der Waals surface area contributed by atoms with Gasteiger partial charge in [0.1, 0.15) is 5.60 Å². The molecule has 0 radical (unpaired) electrons. The molecule has 0 aromatic heterocycles. The van der Waals surface area contributed by atoms with Gasteiger partial charge in [0.2, 0.25) is 0 Å². The largest absolute Gasteiger partial charge is 0.444 e. The van der Waals surface area contributed by atoms with Gasteiger partial charge in [-0.25, -0.2) is 4.79 Å². The fourth-order valence-electron chi connectivity index (χ4n) is 1.44. The number of hydrogen-bond donors (Lipinski definition) is 0. The highest BCUT2D eigenvalue weighted by atomic mass is 32.2. The first-order chi connectivity index (χ1) is 7.28. The van der Waals surface area contributed by atoms with Crippen LogP contribution in [0.4, 0.5) is 4.79 Å². The van der Waals surface area contributed by atoms with Gasteiger partial charge in [-0.3, -0.25) is 0 Å². The van der Waals surface area contributed by atoms with E-state index in [1.54, 1.807) is 20.8 Å². The molecule has 1 amide bonds. The molecule has 1 rings (SSSR count).